The zero-order valence-electron chi connectivity index (χ0n) is 21.2. The molecule has 5 atom stereocenters. The van der Waals surface area contributed by atoms with Crippen molar-refractivity contribution in [3.63, 3.8) is 0 Å². The highest BCUT2D eigenvalue weighted by molar-refractivity contribution is 5.95. The van der Waals surface area contributed by atoms with Crippen LogP contribution in [0.2, 0.25) is 0 Å². The summed E-state index contributed by atoms with van der Waals surface area (Å²) in [6.45, 7) is 1.24. The van der Waals surface area contributed by atoms with Gasteiger partial charge >= 0.3 is 11.9 Å². The third kappa shape index (κ3) is 12.1. The number of hydrogen-bond donors (Lipinski definition) is 10. The van der Waals surface area contributed by atoms with E-state index in [1.165, 1.54) is 24.3 Å². The second-order valence-corrected chi connectivity index (χ2v) is 8.71. The van der Waals surface area contributed by atoms with Crippen molar-refractivity contribution in [1.82, 2.24) is 16.0 Å². The Balaban J connectivity index is 3.19. The fourth-order valence-corrected chi connectivity index (χ4v) is 3.32. The van der Waals surface area contributed by atoms with Gasteiger partial charge in [0.25, 0.3) is 0 Å². The molecule has 0 aliphatic rings. The Bertz CT molecular complexity index is 1040. The Labute approximate surface area is 223 Å². The zero-order valence-corrected chi connectivity index (χ0v) is 21.2. The lowest BCUT2D eigenvalue weighted by molar-refractivity contribution is -0.145. The van der Waals surface area contributed by atoms with E-state index in [-0.39, 0.29) is 37.5 Å². The van der Waals surface area contributed by atoms with E-state index in [4.69, 9.17) is 22.3 Å². The molecule has 39 heavy (non-hydrogen) atoms. The third-order valence-electron chi connectivity index (χ3n) is 5.36. The third-order valence-corrected chi connectivity index (χ3v) is 5.36. The normalized spacial score (nSPS) is 14.5. The largest absolute Gasteiger partial charge is 0.508 e. The van der Waals surface area contributed by atoms with Crippen LogP contribution >= 0.6 is 0 Å². The maximum Gasteiger partial charge on any atom is 0.328 e. The van der Waals surface area contributed by atoms with E-state index in [0.717, 1.165) is 6.92 Å². The molecule has 0 fully saturated rings. The van der Waals surface area contributed by atoms with E-state index < -0.39 is 66.4 Å². The fourth-order valence-electron chi connectivity index (χ4n) is 3.32. The highest BCUT2D eigenvalue weighted by atomic mass is 16.4. The van der Waals surface area contributed by atoms with Gasteiger partial charge < -0.3 is 53.6 Å². The number of aromatic hydroxyl groups is 1. The monoisotopic (exact) mass is 553 g/mol. The van der Waals surface area contributed by atoms with Crippen LogP contribution in [0.3, 0.4) is 0 Å². The minimum Gasteiger partial charge on any atom is -0.508 e. The van der Waals surface area contributed by atoms with Crippen LogP contribution in [0.25, 0.3) is 0 Å². The van der Waals surface area contributed by atoms with Crippen LogP contribution < -0.4 is 33.2 Å². The van der Waals surface area contributed by atoms with Gasteiger partial charge in [-0.3, -0.25) is 24.2 Å². The van der Waals surface area contributed by atoms with Crippen molar-refractivity contribution in [3.8, 4) is 5.75 Å². The molecule has 1 aromatic carbocycles. The zero-order chi connectivity index (χ0) is 29.7. The molecule has 0 radical (unpaired) electrons. The van der Waals surface area contributed by atoms with E-state index in [1.807, 2.05) is 0 Å². The highest BCUT2D eigenvalue weighted by Gasteiger charge is 2.32. The number of aliphatic hydroxyl groups is 1. The number of amides is 3. The van der Waals surface area contributed by atoms with Gasteiger partial charge in [-0.2, -0.15) is 0 Å². The molecule has 0 aliphatic heterocycles. The molecule has 0 saturated heterocycles. The Morgan fingerprint density at radius 1 is 0.923 bits per heavy atom. The summed E-state index contributed by atoms with van der Waals surface area (Å²) in [5, 5.41) is 44.4. The van der Waals surface area contributed by atoms with Gasteiger partial charge in [0, 0.05) is 13.0 Å². The molecule has 1 aromatic rings. The number of benzene rings is 1. The smallest absolute Gasteiger partial charge is 0.328 e. The second kappa shape index (κ2) is 15.7. The van der Waals surface area contributed by atoms with E-state index in [2.05, 4.69) is 20.9 Å². The number of nitrogens with two attached hydrogens (primary N) is 3. The van der Waals surface area contributed by atoms with Crippen LogP contribution in [0.4, 0.5) is 0 Å². The predicted octanol–water partition coefficient (Wildman–Crippen LogP) is -3.29. The molecule has 16 nitrogen and oxygen atoms in total. The van der Waals surface area contributed by atoms with Crippen molar-refractivity contribution in [2.75, 3.05) is 6.54 Å². The molecule has 0 heterocycles. The average Bonchev–Trinajstić information content (AvgIpc) is 2.83. The summed E-state index contributed by atoms with van der Waals surface area (Å²) >= 11 is 0. The van der Waals surface area contributed by atoms with Crippen LogP contribution in [0.15, 0.2) is 29.3 Å². The molecule has 0 aromatic heterocycles. The first-order valence-electron chi connectivity index (χ1n) is 11.8. The maximum atomic E-state index is 13.3. The second-order valence-electron chi connectivity index (χ2n) is 8.71. The molecule has 3 amide bonds. The summed E-state index contributed by atoms with van der Waals surface area (Å²) in [4.78, 5) is 64.8. The van der Waals surface area contributed by atoms with Gasteiger partial charge in [0.2, 0.25) is 17.7 Å². The Morgan fingerprint density at radius 2 is 1.49 bits per heavy atom. The molecular weight excluding hydrogens is 518 g/mol. The summed E-state index contributed by atoms with van der Waals surface area (Å²) in [6, 6.07) is -0.151. The van der Waals surface area contributed by atoms with Gasteiger partial charge in [-0.25, -0.2) is 4.79 Å². The van der Waals surface area contributed by atoms with E-state index in [0.29, 0.717) is 5.56 Å². The minimum atomic E-state index is -1.67. The number of carboxylic acids is 2. The highest BCUT2D eigenvalue weighted by Crippen LogP contribution is 2.12. The van der Waals surface area contributed by atoms with Crippen molar-refractivity contribution in [1.29, 1.82) is 0 Å². The first-order valence-corrected chi connectivity index (χ1v) is 11.8. The quantitative estimate of drug-likeness (QED) is 0.0547. The van der Waals surface area contributed by atoms with Crippen molar-refractivity contribution >= 4 is 35.6 Å². The maximum absolute atomic E-state index is 13.3. The van der Waals surface area contributed by atoms with Gasteiger partial charge in [0.15, 0.2) is 12.0 Å². The number of phenols is 1. The topological polar surface area (TPSA) is 293 Å². The van der Waals surface area contributed by atoms with Gasteiger partial charge in [-0.05, 0) is 37.5 Å². The van der Waals surface area contributed by atoms with Crippen molar-refractivity contribution < 1.29 is 44.4 Å². The lowest BCUT2D eigenvalue weighted by Crippen LogP contribution is -2.58. The molecule has 0 bridgehead atoms. The number of aliphatic carboxylic acids is 2. The van der Waals surface area contributed by atoms with Gasteiger partial charge in [-0.1, -0.05) is 12.1 Å². The molecule has 16 heteroatoms. The number of phenolic OH excluding ortho intramolecular Hbond substituents is 1. The lowest BCUT2D eigenvalue weighted by atomic mass is 10.0. The van der Waals surface area contributed by atoms with E-state index in [9.17, 15) is 39.3 Å². The van der Waals surface area contributed by atoms with E-state index >= 15 is 0 Å². The Morgan fingerprint density at radius 3 is 2.00 bits per heavy atom. The molecule has 0 spiro atoms. The van der Waals surface area contributed by atoms with Crippen LogP contribution in [0.1, 0.15) is 31.7 Å². The molecular formula is C23H35N7O9. The number of nitrogens with one attached hydrogen (secondary N) is 3. The van der Waals surface area contributed by atoms with Gasteiger partial charge in [0.05, 0.1) is 18.6 Å². The number of carbonyl (C=O) groups is 5. The summed E-state index contributed by atoms with van der Waals surface area (Å²) in [6.07, 6.45) is -2.17. The number of carboxylic acid groups (broad SMARTS) is 2. The molecule has 0 aliphatic carbocycles. The number of guanidine groups is 1. The minimum absolute atomic E-state index is 0.0455. The van der Waals surface area contributed by atoms with Gasteiger partial charge in [-0.15, -0.1) is 0 Å². The van der Waals surface area contributed by atoms with Crippen molar-refractivity contribution in [2.24, 2.45) is 22.2 Å². The number of rotatable bonds is 16. The van der Waals surface area contributed by atoms with Crippen LogP contribution in [-0.2, 0) is 30.4 Å². The van der Waals surface area contributed by atoms with E-state index in [1.54, 1.807) is 0 Å². The first-order chi connectivity index (χ1) is 18.2. The predicted molar refractivity (Wildman–Crippen MR) is 137 cm³/mol. The molecule has 1 rings (SSSR count). The van der Waals surface area contributed by atoms with Crippen molar-refractivity contribution in [2.45, 2.75) is 62.9 Å². The summed E-state index contributed by atoms with van der Waals surface area (Å²) in [7, 11) is 0. The summed E-state index contributed by atoms with van der Waals surface area (Å²) < 4.78 is 0. The number of nitrogens with zero attached hydrogens (tertiary/aromatic N) is 1. The number of aliphatic hydroxyl groups excluding tert-OH is 1. The van der Waals surface area contributed by atoms with Crippen LogP contribution in [0.5, 0.6) is 5.75 Å². The fraction of sp³-hybridized carbons (Fsp3) is 0.478. The summed E-state index contributed by atoms with van der Waals surface area (Å²) in [5.41, 5.74) is 16.7. The van der Waals surface area contributed by atoms with Crippen LogP contribution in [-0.4, -0.2) is 92.9 Å². The lowest BCUT2D eigenvalue weighted by Gasteiger charge is -2.26. The summed E-state index contributed by atoms with van der Waals surface area (Å²) in [5.74, 6) is -5.83. The SMILES string of the molecule is CC(O)C(NC(=O)C(CCCN=C(N)N)NC(=O)C(Cc1ccc(O)cc1)NC(=O)C(N)CC(=O)O)C(=O)O. The average molecular weight is 554 g/mol. The number of hydrogen-bond acceptors (Lipinski definition) is 9. The Kier molecular flexibility index (Phi) is 13.1. The molecule has 0 saturated carbocycles. The first kappa shape index (κ1) is 32.6. The van der Waals surface area contributed by atoms with Gasteiger partial charge in [0.1, 0.15) is 17.8 Å². The standard InChI is InChI=1S/C23H35N7O9/c1-11(31)18(22(38)39)30-20(36)15(3-2-8-27-23(25)26)28-21(37)16(9-12-4-6-13(32)7-5-12)29-19(35)14(24)10-17(33)34/h4-7,11,14-16,18,31-32H,2-3,8-10,24H2,1H3,(H,28,37)(H,29,35)(H,30,36)(H,33,34)(H,38,39)(H4,25,26,27). The molecule has 216 valence electrons. The van der Waals surface area contributed by atoms with Crippen molar-refractivity contribution in [3.05, 3.63) is 29.8 Å². The number of carbonyl (C=O) groups excluding carboxylic acids is 3. The Hall–Kier alpha value is -4.44. The molecule has 5 unspecified atom stereocenters. The molecule has 13 N–H and O–H groups in total. The number of aliphatic imine (C=N–C) groups is 1. The van der Waals surface area contributed by atoms with Crippen LogP contribution in [0, 0.1) is 0 Å².